The molecule has 0 spiro atoms. The van der Waals surface area contributed by atoms with Gasteiger partial charge in [-0.2, -0.15) is 0 Å². The number of nitrogens with two attached hydrogens (primary N) is 1. The van der Waals surface area contributed by atoms with E-state index in [9.17, 15) is 4.79 Å². The summed E-state index contributed by atoms with van der Waals surface area (Å²) >= 11 is 0. The molecule has 25 heavy (non-hydrogen) atoms. The molecule has 1 amide bonds. The molecule has 1 aliphatic rings. The van der Waals surface area contributed by atoms with Gasteiger partial charge >= 0.3 is 0 Å². The van der Waals surface area contributed by atoms with E-state index in [0.717, 1.165) is 24.2 Å². The molecule has 1 unspecified atom stereocenters. The van der Waals surface area contributed by atoms with Gasteiger partial charge in [0, 0.05) is 19.0 Å². The molecular weight excluding hydrogens is 312 g/mol. The Morgan fingerprint density at radius 1 is 1.32 bits per heavy atom. The summed E-state index contributed by atoms with van der Waals surface area (Å²) in [7, 11) is 0. The number of carbonyl (C=O) groups excluding carboxylic acids is 1. The van der Waals surface area contributed by atoms with E-state index < -0.39 is 0 Å². The van der Waals surface area contributed by atoms with Crippen molar-refractivity contribution in [3.63, 3.8) is 0 Å². The highest BCUT2D eigenvalue weighted by Gasteiger charge is 2.35. The number of ether oxygens (including phenoxy) is 1. The van der Waals surface area contributed by atoms with E-state index in [-0.39, 0.29) is 11.8 Å². The zero-order chi connectivity index (χ0) is 18.2. The lowest BCUT2D eigenvalue weighted by molar-refractivity contribution is -0.129. The number of hydrogen-bond acceptors (Lipinski definition) is 3. The Morgan fingerprint density at radius 2 is 2.08 bits per heavy atom. The van der Waals surface area contributed by atoms with Gasteiger partial charge in [0.1, 0.15) is 12.4 Å². The molecule has 1 saturated carbocycles. The van der Waals surface area contributed by atoms with Gasteiger partial charge in [0.15, 0.2) is 0 Å². The van der Waals surface area contributed by atoms with Crippen molar-refractivity contribution in [1.29, 1.82) is 0 Å². The third-order valence-electron chi connectivity index (χ3n) is 5.40. The van der Waals surface area contributed by atoms with E-state index in [1.807, 2.05) is 18.2 Å². The predicted octanol–water partition coefficient (Wildman–Crippen LogP) is 3.39. The fourth-order valence-electron chi connectivity index (χ4n) is 3.98. The number of para-hydroxylation sites is 1. The third-order valence-corrected chi connectivity index (χ3v) is 5.40. The summed E-state index contributed by atoms with van der Waals surface area (Å²) in [5.41, 5.74) is 6.63. The lowest BCUT2D eigenvalue weighted by Crippen LogP contribution is -2.40. The van der Waals surface area contributed by atoms with Crippen LogP contribution < -0.4 is 15.8 Å². The van der Waals surface area contributed by atoms with Crippen LogP contribution in [0.3, 0.4) is 0 Å². The topological polar surface area (TPSA) is 64.3 Å². The Bertz CT molecular complexity index is 544. The van der Waals surface area contributed by atoms with Crippen LogP contribution in [0, 0.1) is 23.7 Å². The zero-order valence-corrected chi connectivity index (χ0v) is 16.0. The maximum atomic E-state index is 12.7. The van der Waals surface area contributed by atoms with Gasteiger partial charge < -0.3 is 15.8 Å². The van der Waals surface area contributed by atoms with Gasteiger partial charge in [0.05, 0.1) is 0 Å². The first-order chi connectivity index (χ1) is 12.0. The third kappa shape index (κ3) is 5.74. The molecule has 0 bridgehead atoms. The van der Waals surface area contributed by atoms with Crippen molar-refractivity contribution in [1.82, 2.24) is 5.32 Å². The molecule has 140 valence electrons. The normalized spacial score (nSPS) is 23.5. The van der Waals surface area contributed by atoms with Crippen LogP contribution >= 0.6 is 0 Å². The molecule has 0 aliphatic heterocycles. The summed E-state index contributed by atoms with van der Waals surface area (Å²) in [4.78, 5) is 12.7. The molecule has 3 N–H and O–H groups in total. The average molecular weight is 347 g/mol. The summed E-state index contributed by atoms with van der Waals surface area (Å²) < 4.78 is 5.69. The van der Waals surface area contributed by atoms with Gasteiger partial charge in [0.2, 0.25) is 5.91 Å². The molecule has 1 aliphatic carbocycles. The Morgan fingerprint density at radius 3 is 2.80 bits per heavy atom. The van der Waals surface area contributed by atoms with Gasteiger partial charge in [-0.05, 0) is 48.6 Å². The van der Waals surface area contributed by atoms with Crippen molar-refractivity contribution in [2.45, 2.75) is 46.5 Å². The van der Waals surface area contributed by atoms with E-state index in [0.29, 0.717) is 37.5 Å². The Balaban J connectivity index is 1.89. The predicted molar refractivity (Wildman–Crippen MR) is 103 cm³/mol. The van der Waals surface area contributed by atoms with E-state index in [1.165, 1.54) is 12.8 Å². The lowest BCUT2D eigenvalue weighted by atomic mass is 9.70. The molecule has 0 radical (unpaired) electrons. The van der Waals surface area contributed by atoms with E-state index in [4.69, 9.17) is 10.5 Å². The number of carbonyl (C=O) groups is 1. The molecule has 1 fully saturated rings. The van der Waals surface area contributed by atoms with Crippen LogP contribution in [0.5, 0.6) is 5.75 Å². The minimum absolute atomic E-state index is 0.160. The number of benzene rings is 1. The Labute approximate surface area is 152 Å². The second-order valence-electron chi connectivity index (χ2n) is 7.72. The molecule has 1 aromatic carbocycles. The second kappa shape index (κ2) is 9.81. The van der Waals surface area contributed by atoms with Gasteiger partial charge in [-0.25, -0.2) is 0 Å². The molecule has 0 heterocycles. The largest absolute Gasteiger partial charge is 0.492 e. The van der Waals surface area contributed by atoms with E-state index >= 15 is 0 Å². The average Bonchev–Trinajstić information content (AvgIpc) is 2.60. The van der Waals surface area contributed by atoms with Gasteiger partial charge in [0.25, 0.3) is 0 Å². The summed E-state index contributed by atoms with van der Waals surface area (Å²) in [6.07, 6.45) is 4.22. The van der Waals surface area contributed by atoms with Crippen LogP contribution in [-0.4, -0.2) is 25.6 Å². The second-order valence-corrected chi connectivity index (χ2v) is 7.72. The number of nitrogens with one attached hydrogen (secondary N) is 1. The summed E-state index contributed by atoms with van der Waals surface area (Å²) in [5, 5.41) is 3.17. The number of hydrogen-bond donors (Lipinski definition) is 2. The van der Waals surface area contributed by atoms with E-state index in [2.05, 4.69) is 32.2 Å². The van der Waals surface area contributed by atoms with Gasteiger partial charge in [-0.15, -0.1) is 0 Å². The minimum Gasteiger partial charge on any atom is -0.492 e. The number of rotatable bonds is 8. The Hall–Kier alpha value is -1.55. The highest BCUT2D eigenvalue weighted by Crippen LogP contribution is 2.38. The molecule has 0 saturated heterocycles. The van der Waals surface area contributed by atoms with Gasteiger partial charge in [-0.1, -0.05) is 45.4 Å². The maximum absolute atomic E-state index is 12.7. The van der Waals surface area contributed by atoms with Crippen LogP contribution in [0.25, 0.3) is 0 Å². The molecule has 4 heteroatoms. The summed E-state index contributed by atoms with van der Waals surface area (Å²) in [6.45, 7) is 8.41. The molecular formula is C21H34N2O2. The van der Waals surface area contributed by atoms with Crippen LogP contribution in [0.1, 0.15) is 45.6 Å². The summed E-state index contributed by atoms with van der Waals surface area (Å²) in [6, 6.07) is 7.98. The van der Waals surface area contributed by atoms with Crippen molar-refractivity contribution >= 4 is 5.91 Å². The van der Waals surface area contributed by atoms with Gasteiger partial charge in [-0.3, -0.25) is 4.79 Å². The molecule has 0 aromatic heterocycles. The fourth-order valence-corrected chi connectivity index (χ4v) is 3.98. The maximum Gasteiger partial charge on any atom is 0.223 e. The summed E-state index contributed by atoms with van der Waals surface area (Å²) in [5.74, 6) is 2.98. The molecule has 4 nitrogen and oxygen atoms in total. The van der Waals surface area contributed by atoms with Crippen LogP contribution in [-0.2, 0) is 11.2 Å². The van der Waals surface area contributed by atoms with Crippen molar-refractivity contribution in [3.05, 3.63) is 29.8 Å². The highest BCUT2D eigenvalue weighted by atomic mass is 16.5. The monoisotopic (exact) mass is 346 g/mol. The first kappa shape index (κ1) is 19.8. The molecule has 1 aromatic rings. The van der Waals surface area contributed by atoms with Crippen molar-refractivity contribution < 1.29 is 9.53 Å². The molecule has 3 atom stereocenters. The van der Waals surface area contributed by atoms with Crippen molar-refractivity contribution in [2.24, 2.45) is 29.4 Å². The lowest BCUT2D eigenvalue weighted by Gasteiger charge is -2.36. The first-order valence-electron chi connectivity index (χ1n) is 9.71. The van der Waals surface area contributed by atoms with Crippen LogP contribution in [0.15, 0.2) is 24.3 Å². The molecule has 2 rings (SSSR count). The first-order valence-corrected chi connectivity index (χ1v) is 9.71. The van der Waals surface area contributed by atoms with Crippen LogP contribution in [0.4, 0.5) is 0 Å². The standard InChI is InChI=1S/C21H34N2O2/c1-15(2)18-9-8-16(3)14-19(18)21(24)23-12-10-17-6-4-5-7-20(17)25-13-11-22/h4-7,15-16,18-19H,8-14,22H2,1-3H3,(H,23,24)/t16?,18-,19+/m0/s1. The van der Waals surface area contributed by atoms with E-state index in [1.54, 1.807) is 0 Å². The smallest absolute Gasteiger partial charge is 0.223 e. The van der Waals surface area contributed by atoms with Crippen molar-refractivity contribution in [2.75, 3.05) is 19.7 Å². The minimum atomic E-state index is 0.160. The highest BCUT2D eigenvalue weighted by molar-refractivity contribution is 5.79. The quantitative estimate of drug-likeness (QED) is 0.758. The zero-order valence-electron chi connectivity index (χ0n) is 16.0. The Kier molecular flexibility index (Phi) is 7.76. The van der Waals surface area contributed by atoms with Crippen molar-refractivity contribution in [3.8, 4) is 5.75 Å². The van der Waals surface area contributed by atoms with Crippen LogP contribution in [0.2, 0.25) is 0 Å². The fraction of sp³-hybridized carbons (Fsp3) is 0.667. The number of amides is 1. The SMILES string of the molecule is CC1CC[C@@H](C(C)C)[C@H](C(=O)NCCc2ccccc2OCCN)C1.